The molecule has 5 aliphatic carbocycles. The lowest BCUT2D eigenvalue weighted by atomic mass is 9.64. The van der Waals surface area contributed by atoms with Crippen molar-refractivity contribution in [1.29, 1.82) is 0 Å². The summed E-state index contributed by atoms with van der Waals surface area (Å²) in [4.78, 5) is 4.98. The van der Waals surface area contributed by atoms with E-state index in [1.165, 1.54) is 100 Å². The minimum Gasteiger partial charge on any atom is -0.456 e. The molecule has 0 bridgehead atoms. The largest absolute Gasteiger partial charge is 0.456 e. The average Bonchev–Trinajstić information content (AvgIpc) is 1.40. The molecule has 12 aromatic carbocycles. The van der Waals surface area contributed by atoms with Gasteiger partial charge < -0.3 is 14.5 Å². The van der Waals surface area contributed by atoms with Gasteiger partial charge in [-0.25, -0.2) is 0 Å². The van der Waals surface area contributed by atoms with Crippen LogP contribution in [0.4, 0.5) is 22.7 Å². The number of para-hydroxylation sites is 3. The van der Waals surface area contributed by atoms with Crippen molar-refractivity contribution in [1.82, 2.24) is 0 Å². The molecule has 1 aliphatic heterocycles. The number of fused-ring (bicyclic) bond motifs is 14. The Morgan fingerprint density at radius 1 is 0.417 bits per heavy atom. The number of rotatable bonds is 10. The second-order valence-corrected chi connectivity index (χ2v) is 26.9. The number of allylic oxidation sites excluding steroid dienone is 11. The quantitative estimate of drug-likeness (QED) is 0.136. The van der Waals surface area contributed by atoms with Gasteiger partial charge in [-0.3, -0.25) is 0 Å². The first kappa shape index (κ1) is 57.2. The molecule has 96 heavy (non-hydrogen) atoms. The molecule has 0 radical (unpaired) electrons. The smallest absolute Gasteiger partial charge is 0.140 e. The molecular formula is C93H70N2O. The lowest BCUT2D eigenvalue weighted by molar-refractivity contribution is 0.438. The molecule has 0 aromatic heterocycles. The van der Waals surface area contributed by atoms with Gasteiger partial charge in [0.25, 0.3) is 0 Å². The zero-order valence-corrected chi connectivity index (χ0v) is 54.0. The number of hydrogen-bond acceptors (Lipinski definition) is 3. The van der Waals surface area contributed by atoms with Gasteiger partial charge in [-0.05, 0) is 175 Å². The highest BCUT2D eigenvalue weighted by Gasteiger charge is 2.53. The highest BCUT2D eigenvalue weighted by Crippen LogP contribution is 2.65. The topological polar surface area (TPSA) is 15.7 Å². The van der Waals surface area contributed by atoms with E-state index >= 15 is 0 Å². The van der Waals surface area contributed by atoms with Gasteiger partial charge in [0.2, 0.25) is 0 Å². The maximum absolute atomic E-state index is 7.42. The zero-order chi connectivity index (χ0) is 63.9. The fourth-order valence-corrected chi connectivity index (χ4v) is 16.9. The predicted octanol–water partition coefficient (Wildman–Crippen LogP) is 24.2. The van der Waals surface area contributed by atoms with Crippen molar-refractivity contribution in [3.05, 3.63) is 401 Å². The van der Waals surface area contributed by atoms with Crippen LogP contribution >= 0.6 is 0 Å². The Morgan fingerprint density at radius 2 is 1.00 bits per heavy atom. The van der Waals surface area contributed by atoms with E-state index in [9.17, 15) is 0 Å². The van der Waals surface area contributed by atoms with Crippen LogP contribution in [0.2, 0.25) is 0 Å². The van der Waals surface area contributed by atoms with Crippen molar-refractivity contribution >= 4 is 28.3 Å². The Hall–Kier alpha value is -11.5. The van der Waals surface area contributed by atoms with Crippen molar-refractivity contribution in [2.45, 2.75) is 56.3 Å². The molecule has 3 nitrogen and oxygen atoms in total. The summed E-state index contributed by atoms with van der Waals surface area (Å²) in [6.07, 6.45) is 22.3. The molecular weight excluding hydrogens is 1160 g/mol. The van der Waals surface area contributed by atoms with Crippen LogP contribution < -0.4 is 14.5 Å². The van der Waals surface area contributed by atoms with Gasteiger partial charge >= 0.3 is 0 Å². The van der Waals surface area contributed by atoms with Crippen molar-refractivity contribution < 1.29 is 4.74 Å². The maximum atomic E-state index is 7.42. The van der Waals surface area contributed by atoms with E-state index in [1.54, 1.807) is 0 Å². The summed E-state index contributed by atoms with van der Waals surface area (Å²) in [6.45, 7) is 4.74. The normalized spacial score (nSPS) is 18.9. The lowest BCUT2D eigenvalue weighted by Crippen LogP contribution is -2.33. The molecule has 6 aliphatic rings. The first-order valence-electron chi connectivity index (χ1n) is 34.0. The third-order valence-electron chi connectivity index (χ3n) is 21.3. The molecule has 2 atom stereocenters. The van der Waals surface area contributed by atoms with E-state index in [-0.39, 0.29) is 11.3 Å². The van der Waals surface area contributed by atoms with E-state index < -0.39 is 5.41 Å². The molecule has 1 heterocycles. The Morgan fingerprint density at radius 3 is 1.80 bits per heavy atom. The maximum Gasteiger partial charge on any atom is 0.140 e. The molecule has 0 N–H and O–H groups in total. The average molecular weight is 1230 g/mol. The molecule has 3 heteroatoms. The van der Waals surface area contributed by atoms with Crippen LogP contribution in [-0.4, -0.2) is 0 Å². The van der Waals surface area contributed by atoms with Crippen LogP contribution in [-0.2, 0) is 17.3 Å². The summed E-state index contributed by atoms with van der Waals surface area (Å²) >= 11 is 0. The van der Waals surface area contributed by atoms with Gasteiger partial charge in [-0.1, -0.05) is 292 Å². The molecule has 2 unspecified atom stereocenters. The number of nitrogens with zero attached hydrogens (tertiary/aromatic N) is 2. The van der Waals surface area contributed by atoms with E-state index in [0.29, 0.717) is 0 Å². The first-order chi connectivity index (χ1) is 47.4. The predicted molar refractivity (Wildman–Crippen MR) is 399 cm³/mol. The monoisotopic (exact) mass is 1230 g/mol. The minimum absolute atomic E-state index is 0.167. The van der Waals surface area contributed by atoms with Gasteiger partial charge in [0.05, 0.1) is 11.1 Å². The van der Waals surface area contributed by atoms with Crippen molar-refractivity contribution in [3.8, 4) is 67.1 Å². The van der Waals surface area contributed by atoms with Gasteiger partial charge in [-0.2, -0.15) is 0 Å². The summed E-state index contributed by atoms with van der Waals surface area (Å²) in [6, 6.07) is 106. The SMILES string of the molecule is CC1(C)c2ccccc2-c2ccc(N(c3ccc(-c4cccc5c4C4(c6ccccc6Oc6c(-c7ccc(N(C8=C\CCC9=C(/C=C\8)c8ccccc8C9)/C8=C/C=C\C=CC(c9ccccc9)C8)cc7)cccc64)c4ccccc4-5)cc3)c3ccccc3-c3ccccc3)cc21. The molecule has 0 fully saturated rings. The molecule has 18 rings (SSSR count). The molecule has 1 spiro atoms. The Kier molecular flexibility index (Phi) is 13.8. The first-order valence-corrected chi connectivity index (χ1v) is 34.0. The third kappa shape index (κ3) is 9.24. The minimum atomic E-state index is -0.734. The van der Waals surface area contributed by atoms with E-state index in [4.69, 9.17) is 4.74 Å². The molecule has 0 saturated heterocycles. The molecule has 0 saturated carbocycles. The highest BCUT2D eigenvalue weighted by atomic mass is 16.5. The van der Waals surface area contributed by atoms with Crippen molar-refractivity contribution in [2.24, 2.45) is 0 Å². The fourth-order valence-electron chi connectivity index (χ4n) is 16.9. The van der Waals surface area contributed by atoms with Crippen LogP contribution in [0, 0.1) is 0 Å². The van der Waals surface area contributed by atoms with Crippen LogP contribution in [0.5, 0.6) is 11.5 Å². The second-order valence-electron chi connectivity index (χ2n) is 26.9. The summed E-state index contributed by atoms with van der Waals surface area (Å²) in [5.74, 6) is 1.93. The van der Waals surface area contributed by atoms with E-state index in [1.807, 2.05) is 0 Å². The third-order valence-corrected chi connectivity index (χ3v) is 21.3. The molecule has 458 valence electrons. The van der Waals surface area contributed by atoms with Gasteiger partial charge in [0.1, 0.15) is 11.5 Å². The number of ether oxygens (including phenoxy) is 1. The molecule has 0 amide bonds. The second kappa shape index (κ2) is 23.2. The van der Waals surface area contributed by atoms with Gasteiger partial charge in [0.15, 0.2) is 0 Å². The number of benzene rings is 12. The van der Waals surface area contributed by atoms with Gasteiger partial charge in [-0.15, -0.1) is 0 Å². The number of anilines is 4. The van der Waals surface area contributed by atoms with E-state index in [2.05, 4.69) is 357 Å². The van der Waals surface area contributed by atoms with Crippen LogP contribution in [0.1, 0.15) is 89.1 Å². The van der Waals surface area contributed by atoms with E-state index in [0.717, 1.165) is 87.7 Å². The summed E-state index contributed by atoms with van der Waals surface area (Å²) < 4.78 is 7.42. The van der Waals surface area contributed by atoms with Gasteiger partial charge in [0, 0.05) is 62.0 Å². The van der Waals surface area contributed by atoms with Crippen LogP contribution in [0.15, 0.2) is 351 Å². The Labute approximate surface area is 563 Å². The van der Waals surface area contributed by atoms with Crippen molar-refractivity contribution in [2.75, 3.05) is 9.80 Å². The highest BCUT2D eigenvalue weighted by molar-refractivity contribution is 5.97. The number of hydrogen-bond donors (Lipinski definition) is 0. The Bertz CT molecular complexity index is 5290. The summed E-state index contributed by atoms with van der Waals surface area (Å²) in [5.41, 5.74) is 32.3. The summed E-state index contributed by atoms with van der Waals surface area (Å²) in [7, 11) is 0. The fraction of sp³-hybridized carbons (Fsp3) is 0.0968. The molecule has 12 aromatic rings. The standard InChI is InChI=1S/C93H70N2O/c1-92(2)83-41-17-14-36-79(83)81-58-56-73(61-87(81)92)95(88-45-20-16-35-76(88)63-27-8-4-9-28-63)71-53-47-64(48-54-71)77-38-23-40-82-80-37-15-18-42-84(80)93(90(77)82)85-43-19-21-46-89(85)96-91-78(39-24-44-86(91)93)65-49-51-70(52-50-65)94(72-32-11-5-10-29-66(60-72)62-25-6-3-7-26-62)69-33-22-31-68-59-67-30-12-13-34-74(67)75(68)57-55-69/h3-21,23-30,32-58,61,66H,22,31,59-60H2,1-2H3/b11-5-,29-10?,57-55-,69-33-,72-32+. The van der Waals surface area contributed by atoms with Crippen LogP contribution in [0.3, 0.4) is 0 Å². The summed E-state index contributed by atoms with van der Waals surface area (Å²) in [5, 5.41) is 0. The van der Waals surface area contributed by atoms with Crippen molar-refractivity contribution in [3.63, 3.8) is 0 Å². The lowest BCUT2D eigenvalue weighted by Gasteiger charge is -2.41. The zero-order valence-electron chi connectivity index (χ0n) is 54.0. The Balaban J connectivity index is 0.761. The van der Waals surface area contributed by atoms with Crippen LogP contribution in [0.25, 0.3) is 61.2 Å².